The fourth-order valence-electron chi connectivity index (χ4n) is 2.22. The molecule has 1 amide bonds. The Kier molecular flexibility index (Phi) is 5.95. The van der Waals surface area contributed by atoms with Crippen molar-refractivity contribution in [2.75, 3.05) is 11.1 Å². The summed E-state index contributed by atoms with van der Waals surface area (Å²) < 4.78 is 16.1. The fourth-order valence-corrected chi connectivity index (χ4v) is 3.49. The number of nitrogens with one attached hydrogen (secondary N) is 1. The normalized spacial score (nSPS) is 10.8. The molecule has 0 bridgehead atoms. The topological polar surface area (TPSA) is 59.8 Å². The highest BCUT2D eigenvalue weighted by molar-refractivity contribution is 9.10. The van der Waals surface area contributed by atoms with Crippen LogP contribution in [-0.4, -0.2) is 26.4 Å². The SMILES string of the molecule is Cn1c(SCC(=O)Nc2ccc(Br)cc2F)nnc1-c1ccccc1Cl. The Labute approximate surface area is 167 Å². The van der Waals surface area contributed by atoms with Gasteiger partial charge in [0.05, 0.1) is 16.5 Å². The molecule has 2 aromatic carbocycles. The molecule has 0 aliphatic carbocycles. The minimum absolute atomic E-state index is 0.0734. The Hall–Kier alpha value is -1.90. The summed E-state index contributed by atoms with van der Waals surface area (Å²) in [6.45, 7) is 0. The van der Waals surface area contributed by atoms with Crippen molar-refractivity contribution in [3.05, 3.63) is 57.8 Å². The van der Waals surface area contributed by atoms with Gasteiger partial charge >= 0.3 is 0 Å². The first kappa shape index (κ1) is 18.9. The number of halogens is 3. The van der Waals surface area contributed by atoms with Crippen LogP contribution >= 0.6 is 39.3 Å². The molecular weight excluding hydrogens is 443 g/mol. The predicted molar refractivity (Wildman–Crippen MR) is 105 cm³/mol. The van der Waals surface area contributed by atoms with E-state index in [1.807, 2.05) is 18.2 Å². The van der Waals surface area contributed by atoms with E-state index in [-0.39, 0.29) is 17.3 Å². The number of hydrogen-bond acceptors (Lipinski definition) is 4. The second kappa shape index (κ2) is 8.20. The predicted octanol–water partition coefficient (Wildman–Crippen LogP) is 4.77. The Morgan fingerprint density at radius 1 is 1.31 bits per heavy atom. The van der Waals surface area contributed by atoms with Crippen LogP contribution in [0.5, 0.6) is 0 Å². The standard InChI is InChI=1S/C17H13BrClFN4OS/c1-24-16(11-4-2-3-5-12(11)19)22-23-17(24)26-9-15(25)21-14-7-6-10(18)8-13(14)20/h2-8H,9H2,1H3,(H,21,25). The van der Waals surface area contributed by atoms with Crippen molar-refractivity contribution < 1.29 is 9.18 Å². The first-order chi connectivity index (χ1) is 12.5. The summed E-state index contributed by atoms with van der Waals surface area (Å²) in [5.41, 5.74) is 0.894. The van der Waals surface area contributed by atoms with Crippen LogP contribution in [0.3, 0.4) is 0 Å². The summed E-state index contributed by atoms with van der Waals surface area (Å²) in [6.07, 6.45) is 0. The molecule has 26 heavy (non-hydrogen) atoms. The molecule has 5 nitrogen and oxygen atoms in total. The first-order valence-electron chi connectivity index (χ1n) is 7.47. The average molecular weight is 456 g/mol. The summed E-state index contributed by atoms with van der Waals surface area (Å²) in [5.74, 6) is -0.155. The van der Waals surface area contributed by atoms with Gasteiger partial charge in [0.15, 0.2) is 11.0 Å². The largest absolute Gasteiger partial charge is 0.323 e. The van der Waals surface area contributed by atoms with Crippen molar-refractivity contribution in [1.29, 1.82) is 0 Å². The van der Waals surface area contributed by atoms with Gasteiger partial charge in [0.2, 0.25) is 5.91 Å². The molecule has 0 aliphatic rings. The summed E-state index contributed by atoms with van der Waals surface area (Å²) in [4.78, 5) is 12.1. The van der Waals surface area contributed by atoms with Gasteiger partial charge < -0.3 is 9.88 Å². The zero-order valence-corrected chi connectivity index (χ0v) is 16.7. The summed E-state index contributed by atoms with van der Waals surface area (Å²) in [6, 6.07) is 11.8. The number of thioether (sulfide) groups is 1. The third-order valence-electron chi connectivity index (χ3n) is 3.49. The molecule has 0 atom stereocenters. The molecule has 0 saturated heterocycles. The van der Waals surface area contributed by atoms with Crippen LogP contribution < -0.4 is 5.32 Å². The molecule has 0 spiro atoms. The zero-order valence-electron chi connectivity index (χ0n) is 13.5. The van der Waals surface area contributed by atoms with E-state index in [9.17, 15) is 9.18 Å². The summed E-state index contributed by atoms with van der Waals surface area (Å²) >= 11 is 10.6. The number of amides is 1. The number of rotatable bonds is 5. The van der Waals surface area contributed by atoms with E-state index in [2.05, 4.69) is 31.4 Å². The Balaban J connectivity index is 1.67. The van der Waals surface area contributed by atoms with Crippen molar-refractivity contribution in [1.82, 2.24) is 14.8 Å². The Bertz CT molecular complexity index is 966. The lowest BCUT2D eigenvalue weighted by Crippen LogP contribution is -2.15. The number of carbonyl (C=O) groups is 1. The molecule has 0 saturated carbocycles. The molecule has 1 heterocycles. The monoisotopic (exact) mass is 454 g/mol. The minimum Gasteiger partial charge on any atom is -0.323 e. The lowest BCUT2D eigenvalue weighted by Gasteiger charge is -2.07. The number of nitrogens with zero attached hydrogens (tertiary/aromatic N) is 3. The van der Waals surface area contributed by atoms with Gasteiger partial charge in [-0.15, -0.1) is 10.2 Å². The molecular formula is C17H13BrClFN4OS. The van der Waals surface area contributed by atoms with E-state index in [4.69, 9.17) is 11.6 Å². The van der Waals surface area contributed by atoms with Gasteiger partial charge in [0, 0.05) is 17.1 Å². The zero-order chi connectivity index (χ0) is 18.7. The second-order valence-electron chi connectivity index (χ2n) is 5.31. The minimum atomic E-state index is -0.502. The van der Waals surface area contributed by atoms with Gasteiger partial charge in [-0.1, -0.05) is 51.4 Å². The van der Waals surface area contributed by atoms with Crippen LogP contribution in [0.1, 0.15) is 0 Å². The molecule has 3 rings (SSSR count). The lowest BCUT2D eigenvalue weighted by molar-refractivity contribution is -0.113. The molecule has 0 aliphatic heterocycles. The fraction of sp³-hybridized carbons (Fsp3) is 0.118. The number of aromatic nitrogens is 3. The number of anilines is 1. The molecule has 1 aromatic heterocycles. The van der Waals surface area contributed by atoms with Crippen LogP contribution in [0.4, 0.5) is 10.1 Å². The maximum Gasteiger partial charge on any atom is 0.234 e. The number of hydrogen-bond donors (Lipinski definition) is 1. The highest BCUT2D eigenvalue weighted by Gasteiger charge is 2.15. The van der Waals surface area contributed by atoms with Gasteiger partial charge in [-0.2, -0.15) is 0 Å². The van der Waals surface area contributed by atoms with Crippen LogP contribution in [0.15, 0.2) is 52.1 Å². The Morgan fingerprint density at radius 3 is 2.81 bits per heavy atom. The highest BCUT2D eigenvalue weighted by Crippen LogP contribution is 2.28. The molecule has 9 heteroatoms. The molecule has 0 unspecified atom stereocenters. The van der Waals surface area contributed by atoms with E-state index < -0.39 is 5.82 Å². The van der Waals surface area contributed by atoms with E-state index >= 15 is 0 Å². The molecule has 1 N–H and O–H groups in total. The third-order valence-corrected chi connectivity index (χ3v) is 5.33. The molecule has 0 fully saturated rings. The number of carbonyl (C=O) groups excluding carboxylic acids is 1. The van der Waals surface area contributed by atoms with E-state index in [0.717, 1.165) is 5.56 Å². The maximum atomic E-state index is 13.8. The molecule has 3 aromatic rings. The van der Waals surface area contributed by atoms with Crippen molar-refractivity contribution >= 4 is 50.9 Å². The van der Waals surface area contributed by atoms with Gasteiger partial charge in [0.25, 0.3) is 0 Å². The van der Waals surface area contributed by atoms with Gasteiger partial charge in [-0.25, -0.2) is 4.39 Å². The van der Waals surface area contributed by atoms with Crippen molar-refractivity contribution in [3.63, 3.8) is 0 Å². The smallest absolute Gasteiger partial charge is 0.234 e. The third kappa shape index (κ3) is 4.25. The van der Waals surface area contributed by atoms with Gasteiger partial charge in [0.1, 0.15) is 5.82 Å². The Morgan fingerprint density at radius 2 is 2.08 bits per heavy atom. The summed E-state index contributed by atoms with van der Waals surface area (Å²) in [5, 5.41) is 11.9. The number of benzene rings is 2. The van der Waals surface area contributed by atoms with Crippen LogP contribution in [0, 0.1) is 5.82 Å². The van der Waals surface area contributed by atoms with Gasteiger partial charge in [-0.3, -0.25) is 4.79 Å². The molecule has 134 valence electrons. The van der Waals surface area contributed by atoms with Crippen LogP contribution in [0.25, 0.3) is 11.4 Å². The van der Waals surface area contributed by atoms with Crippen LogP contribution in [0.2, 0.25) is 5.02 Å². The van der Waals surface area contributed by atoms with E-state index in [0.29, 0.717) is 20.5 Å². The van der Waals surface area contributed by atoms with Crippen LogP contribution in [-0.2, 0) is 11.8 Å². The quantitative estimate of drug-likeness (QED) is 0.563. The first-order valence-corrected chi connectivity index (χ1v) is 9.63. The maximum absolute atomic E-state index is 13.8. The average Bonchev–Trinajstić information content (AvgIpc) is 2.97. The van der Waals surface area contributed by atoms with Crippen molar-refractivity contribution in [2.45, 2.75) is 5.16 Å². The van der Waals surface area contributed by atoms with Gasteiger partial charge in [-0.05, 0) is 30.3 Å². The molecule has 0 radical (unpaired) electrons. The van der Waals surface area contributed by atoms with E-state index in [1.54, 1.807) is 23.7 Å². The van der Waals surface area contributed by atoms with E-state index in [1.165, 1.54) is 23.9 Å². The van der Waals surface area contributed by atoms with Crippen molar-refractivity contribution in [2.24, 2.45) is 7.05 Å². The highest BCUT2D eigenvalue weighted by atomic mass is 79.9. The van der Waals surface area contributed by atoms with Crippen molar-refractivity contribution in [3.8, 4) is 11.4 Å². The second-order valence-corrected chi connectivity index (χ2v) is 7.57. The lowest BCUT2D eigenvalue weighted by atomic mass is 10.2. The summed E-state index contributed by atoms with van der Waals surface area (Å²) in [7, 11) is 1.80.